The van der Waals surface area contributed by atoms with E-state index in [9.17, 15) is 0 Å². The second-order valence-corrected chi connectivity index (χ2v) is 4.19. The Kier molecular flexibility index (Phi) is 5.44. The van der Waals surface area contributed by atoms with Crippen molar-refractivity contribution in [2.45, 2.75) is 32.8 Å². The monoisotopic (exact) mass is 248 g/mol. The highest BCUT2D eigenvalue weighted by molar-refractivity contribution is 7.80. The zero-order valence-electron chi connectivity index (χ0n) is 10.1. The first-order chi connectivity index (χ1) is 8.15. The van der Waals surface area contributed by atoms with Crippen LogP contribution in [0.2, 0.25) is 0 Å². The summed E-state index contributed by atoms with van der Waals surface area (Å²) in [6.45, 7) is 4.10. The van der Waals surface area contributed by atoms with Gasteiger partial charge in [-0.15, -0.1) is 0 Å². The second kappa shape index (κ2) is 6.87. The van der Waals surface area contributed by atoms with Crippen LogP contribution in [0.4, 0.5) is 5.69 Å². The summed E-state index contributed by atoms with van der Waals surface area (Å²) in [6.07, 6.45) is 2.17. The van der Waals surface area contributed by atoms with E-state index in [-0.39, 0.29) is 6.10 Å². The molecule has 1 rings (SSSR count). The SMILES string of the molecule is CCCC(C)OC(=S)Nc1ccc(C#N)cc1. The van der Waals surface area contributed by atoms with E-state index in [1.165, 1.54) is 0 Å². The first-order valence-corrected chi connectivity index (χ1v) is 6.04. The third kappa shape index (κ3) is 4.83. The molecule has 1 N–H and O–H groups in total. The maximum Gasteiger partial charge on any atom is 0.261 e. The largest absolute Gasteiger partial charge is 0.468 e. The zero-order chi connectivity index (χ0) is 12.7. The van der Waals surface area contributed by atoms with Crippen molar-refractivity contribution >= 4 is 23.1 Å². The van der Waals surface area contributed by atoms with Gasteiger partial charge in [-0.2, -0.15) is 5.26 Å². The van der Waals surface area contributed by atoms with Crippen molar-refractivity contribution in [1.29, 1.82) is 5.26 Å². The Morgan fingerprint density at radius 1 is 1.47 bits per heavy atom. The van der Waals surface area contributed by atoms with Gasteiger partial charge in [-0.1, -0.05) is 13.3 Å². The number of nitrogens with zero attached hydrogens (tertiary/aromatic N) is 1. The molecule has 0 aliphatic carbocycles. The first-order valence-electron chi connectivity index (χ1n) is 5.63. The number of benzene rings is 1. The highest BCUT2D eigenvalue weighted by Gasteiger charge is 2.05. The van der Waals surface area contributed by atoms with E-state index >= 15 is 0 Å². The van der Waals surface area contributed by atoms with E-state index in [4.69, 9.17) is 22.2 Å². The number of nitriles is 1. The van der Waals surface area contributed by atoms with Crippen molar-refractivity contribution in [3.8, 4) is 6.07 Å². The molecular formula is C13H16N2OS. The highest BCUT2D eigenvalue weighted by Crippen LogP contribution is 2.10. The Balaban J connectivity index is 2.48. The standard InChI is InChI=1S/C13H16N2OS/c1-3-4-10(2)16-13(17)15-12-7-5-11(9-14)6-8-12/h5-8,10H,3-4H2,1-2H3,(H,15,17). The molecular weight excluding hydrogens is 232 g/mol. The van der Waals surface area contributed by atoms with Gasteiger partial charge in [-0.25, -0.2) is 0 Å². The van der Waals surface area contributed by atoms with E-state index in [2.05, 4.69) is 18.3 Å². The van der Waals surface area contributed by atoms with Gasteiger partial charge in [0.05, 0.1) is 17.7 Å². The lowest BCUT2D eigenvalue weighted by atomic mass is 10.2. The van der Waals surface area contributed by atoms with Crippen LogP contribution in [0.1, 0.15) is 32.3 Å². The van der Waals surface area contributed by atoms with E-state index < -0.39 is 0 Å². The number of anilines is 1. The molecule has 1 aromatic rings. The molecule has 0 aliphatic rings. The van der Waals surface area contributed by atoms with Gasteiger partial charge < -0.3 is 10.1 Å². The van der Waals surface area contributed by atoms with Gasteiger partial charge in [-0.05, 0) is 49.8 Å². The summed E-state index contributed by atoms with van der Waals surface area (Å²) in [4.78, 5) is 0. The molecule has 17 heavy (non-hydrogen) atoms. The molecule has 3 nitrogen and oxygen atoms in total. The fraction of sp³-hybridized carbons (Fsp3) is 0.385. The molecule has 0 saturated carbocycles. The molecule has 1 unspecified atom stereocenters. The minimum Gasteiger partial charge on any atom is -0.468 e. The second-order valence-electron chi connectivity index (χ2n) is 3.82. The normalized spacial score (nSPS) is 11.4. The molecule has 0 amide bonds. The topological polar surface area (TPSA) is 45.0 Å². The maximum absolute atomic E-state index is 8.67. The summed E-state index contributed by atoms with van der Waals surface area (Å²) in [5.41, 5.74) is 1.46. The van der Waals surface area contributed by atoms with Crippen molar-refractivity contribution in [3.63, 3.8) is 0 Å². The van der Waals surface area contributed by atoms with Gasteiger partial charge in [0.1, 0.15) is 0 Å². The van der Waals surface area contributed by atoms with Crippen LogP contribution >= 0.6 is 12.2 Å². The van der Waals surface area contributed by atoms with Gasteiger partial charge in [0, 0.05) is 5.69 Å². The van der Waals surface area contributed by atoms with Gasteiger partial charge in [0.25, 0.3) is 5.17 Å². The highest BCUT2D eigenvalue weighted by atomic mass is 32.1. The Labute approximate surface area is 107 Å². The smallest absolute Gasteiger partial charge is 0.261 e. The van der Waals surface area contributed by atoms with Gasteiger partial charge in [0.2, 0.25) is 0 Å². The number of nitrogens with one attached hydrogen (secondary N) is 1. The van der Waals surface area contributed by atoms with Crippen molar-refractivity contribution in [1.82, 2.24) is 0 Å². The molecule has 0 aromatic heterocycles. The Morgan fingerprint density at radius 2 is 2.12 bits per heavy atom. The average Bonchev–Trinajstić information content (AvgIpc) is 2.30. The van der Waals surface area contributed by atoms with E-state index in [1.54, 1.807) is 24.3 Å². The van der Waals surface area contributed by atoms with E-state index in [1.807, 2.05) is 6.92 Å². The van der Waals surface area contributed by atoms with Crippen molar-refractivity contribution in [2.24, 2.45) is 0 Å². The third-order valence-corrected chi connectivity index (χ3v) is 2.46. The molecule has 1 atom stereocenters. The molecule has 1 aromatic carbocycles. The Morgan fingerprint density at radius 3 is 2.65 bits per heavy atom. The molecule has 0 fully saturated rings. The molecule has 4 heteroatoms. The van der Waals surface area contributed by atoms with Crippen LogP contribution in [0.15, 0.2) is 24.3 Å². The maximum atomic E-state index is 8.67. The summed E-state index contributed by atoms with van der Waals surface area (Å²) in [6, 6.07) is 9.15. The predicted octanol–water partition coefficient (Wildman–Crippen LogP) is 3.46. The number of thiocarbonyl (C=S) groups is 1. The lowest BCUT2D eigenvalue weighted by molar-refractivity contribution is 0.202. The number of rotatable bonds is 4. The summed E-state index contributed by atoms with van der Waals surface area (Å²) in [5, 5.41) is 12.0. The van der Waals surface area contributed by atoms with Gasteiger partial charge >= 0.3 is 0 Å². The molecule has 0 bridgehead atoms. The minimum absolute atomic E-state index is 0.124. The summed E-state index contributed by atoms with van der Waals surface area (Å²) < 4.78 is 5.51. The Bertz CT molecular complexity index is 408. The van der Waals surface area contributed by atoms with E-state index in [0.29, 0.717) is 10.7 Å². The number of hydrogen-bond acceptors (Lipinski definition) is 3. The molecule has 0 saturated heterocycles. The van der Waals surface area contributed by atoms with Crippen molar-refractivity contribution in [3.05, 3.63) is 29.8 Å². The Hall–Kier alpha value is -1.60. The van der Waals surface area contributed by atoms with Crippen LogP contribution in [0.5, 0.6) is 0 Å². The van der Waals surface area contributed by atoms with Crippen LogP contribution < -0.4 is 5.32 Å². The summed E-state index contributed by atoms with van der Waals surface area (Å²) in [7, 11) is 0. The average molecular weight is 248 g/mol. The van der Waals surface area contributed by atoms with Gasteiger partial charge in [0.15, 0.2) is 0 Å². The minimum atomic E-state index is 0.124. The van der Waals surface area contributed by atoms with Crippen LogP contribution in [0.3, 0.4) is 0 Å². The summed E-state index contributed by atoms with van der Waals surface area (Å²) in [5.74, 6) is 0. The van der Waals surface area contributed by atoms with E-state index in [0.717, 1.165) is 18.5 Å². The van der Waals surface area contributed by atoms with Crippen LogP contribution in [-0.2, 0) is 4.74 Å². The fourth-order valence-electron chi connectivity index (χ4n) is 1.42. The molecule has 0 spiro atoms. The molecule has 0 aliphatic heterocycles. The molecule has 0 radical (unpaired) electrons. The van der Waals surface area contributed by atoms with Crippen molar-refractivity contribution in [2.75, 3.05) is 5.32 Å². The zero-order valence-corrected chi connectivity index (χ0v) is 10.9. The van der Waals surface area contributed by atoms with Gasteiger partial charge in [-0.3, -0.25) is 0 Å². The number of ether oxygens (including phenoxy) is 1. The third-order valence-electron chi connectivity index (χ3n) is 2.26. The lowest BCUT2D eigenvalue weighted by Crippen LogP contribution is -2.19. The van der Waals surface area contributed by atoms with Crippen molar-refractivity contribution < 1.29 is 4.74 Å². The van der Waals surface area contributed by atoms with Crippen LogP contribution in [0.25, 0.3) is 0 Å². The quantitative estimate of drug-likeness (QED) is 0.829. The molecule has 0 heterocycles. The summed E-state index contributed by atoms with van der Waals surface area (Å²) >= 11 is 5.09. The van der Waals surface area contributed by atoms with Crippen LogP contribution in [0, 0.1) is 11.3 Å². The fourth-order valence-corrected chi connectivity index (χ4v) is 1.71. The predicted molar refractivity (Wildman–Crippen MR) is 72.8 cm³/mol. The molecule has 90 valence electrons. The first kappa shape index (κ1) is 13.5. The lowest BCUT2D eigenvalue weighted by Gasteiger charge is -2.15. The number of hydrogen-bond donors (Lipinski definition) is 1. The van der Waals surface area contributed by atoms with Crippen LogP contribution in [-0.4, -0.2) is 11.3 Å².